The molecule has 2 nitrogen and oxygen atoms in total. The normalized spacial score (nSPS) is 42.5. The number of ether oxygens (including phenoxy) is 2. The molecule has 1 saturated heterocycles. The second-order valence-electron chi connectivity index (χ2n) is 7.39. The van der Waals surface area contributed by atoms with Gasteiger partial charge in [0.15, 0.2) is 0 Å². The molecular weight excluding hydrogens is 212 g/mol. The van der Waals surface area contributed by atoms with Gasteiger partial charge in [-0.3, -0.25) is 0 Å². The molecule has 0 aromatic rings. The lowest BCUT2D eigenvalue weighted by Gasteiger charge is -2.59. The third-order valence-electron chi connectivity index (χ3n) is 5.25. The van der Waals surface area contributed by atoms with Crippen molar-refractivity contribution in [2.75, 3.05) is 7.11 Å². The summed E-state index contributed by atoms with van der Waals surface area (Å²) in [6.45, 7) is 17.9. The zero-order chi connectivity index (χ0) is 13.6. The summed E-state index contributed by atoms with van der Waals surface area (Å²) in [5.74, 6) is 0.374. The Morgan fingerprint density at radius 2 is 1.53 bits per heavy atom. The highest BCUT2D eigenvalue weighted by Gasteiger charge is 2.57. The molecule has 0 radical (unpaired) electrons. The molecule has 0 N–H and O–H groups in total. The molecule has 0 bridgehead atoms. The first-order valence-electron chi connectivity index (χ1n) is 6.69. The molecule has 4 unspecified atom stereocenters. The lowest BCUT2D eigenvalue weighted by atomic mass is 9.60. The Morgan fingerprint density at radius 1 is 1.06 bits per heavy atom. The van der Waals surface area contributed by atoms with Crippen molar-refractivity contribution in [2.24, 2.45) is 16.7 Å². The van der Waals surface area contributed by atoms with E-state index in [1.54, 1.807) is 0 Å². The van der Waals surface area contributed by atoms with Gasteiger partial charge in [-0.15, -0.1) is 0 Å². The number of rotatable bonds is 1. The van der Waals surface area contributed by atoms with Gasteiger partial charge in [0.25, 0.3) is 0 Å². The van der Waals surface area contributed by atoms with Gasteiger partial charge in [0.1, 0.15) is 0 Å². The van der Waals surface area contributed by atoms with Crippen LogP contribution >= 0.6 is 0 Å². The van der Waals surface area contributed by atoms with Crippen molar-refractivity contribution >= 4 is 0 Å². The second kappa shape index (κ2) is 4.24. The van der Waals surface area contributed by atoms with Crippen LogP contribution in [0.1, 0.15) is 55.4 Å². The van der Waals surface area contributed by atoms with E-state index in [0.717, 1.165) is 0 Å². The van der Waals surface area contributed by atoms with Gasteiger partial charge in [-0.2, -0.15) is 0 Å². The molecule has 0 aromatic carbocycles. The molecule has 0 saturated carbocycles. The van der Waals surface area contributed by atoms with Gasteiger partial charge >= 0.3 is 0 Å². The molecule has 0 amide bonds. The van der Waals surface area contributed by atoms with Crippen LogP contribution in [0.2, 0.25) is 0 Å². The average Bonchev–Trinajstić information content (AvgIpc) is 2.19. The van der Waals surface area contributed by atoms with Crippen LogP contribution in [0, 0.1) is 16.7 Å². The fourth-order valence-corrected chi connectivity index (χ4v) is 3.19. The quantitative estimate of drug-likeness (QED) is 0.694. The third-order valence-corrected chi connectivity index (χ3v) is 5.25. The SMILES string of the molecule is COC1(C)C(C)C(C(C)(C)C)OC(C)C1(C)C. The van der Waals surface area contributed by atoms with E-state index in [2.05, 4.69) is 55.4 Å². The van der Waals surface area contributed by atoms with E-state index in [4.69, 9.17) is 9.47 Å². The minimum Gasteiger partial charge on any atom is -0.377 e. The van der Waals surface area contributed by atoms with Crippen LogP contribution in [0.25, 0.3) is 0 Å². The summed E-state index contributed by atoms with van der Waals surface area (Å²) in [5.41, 5.74) is 0.00942. The highest BCUT2D eigenvalue weighted by molar-refractivity contribution is 5.06. The Labute approximate surface area is 107 Å². The number of hydrogen-bond donors (Lipinski definition) is 0. The van der Waals surface area contributed by atoms with Gasteiger partial charge in [0.2, 0.25) is 0 Å². The fourth-order valence-electron chi connectivity index (χ4n) is 3.19. The molecule has 1 aliphatic rings. The Kier molecular flexibility index (Phi) is 3.73. The van der Waals surface area contributed by atoms with Crippen LogP contribution < -0.4 is 0 Å². The van der Waals surface area contributed by atoms with Crippen molar-refractivity contribution in [3.63, 3.8) is 0 Å². The molecule has 2 heteroatoms. The molecule has 1 heterocycles. The average molecular weight is 242 g/mol. The predicted octanol–water partition coefficient (Wildman–Crippen LogP) is 3.89. The van der Waals surface area contributed by atoms with Crippen molar-refractivity contribution in [2.45, 2.75) is 73.2 Å². The fraction of sp³-hybridized carbons (Fsp3) is 1.00. The van der Waals surface area contributed by atoms with Crippen molar-refractivity contribution in [1.29, 1.82) is 0 Å². The molecule has 0 aromatic heterocycles. The van der Waals surface area contributed by atoms with Crippen molar-refractivity contribution in [1.82, 2.24) is 0 Å². The standard InChI is InChI=1S/C15H30O2/c1-10-12(13(3,4)5)17-11(2)14(6,7)15(10,8)16-9/h10-12H,1-9H3. The molecular formula is C15H30O2. The summed E-state index contributed by atoms with van der Waals surface area (Å²) in [4.78, 5) is 0. The Hall–Kier alpha value is -0.0800. The van der Waals surface area contributed by atoms with E-state index in [0.29, 0.717) is 5.92 Å². The molecule has 17 heavy (non-hydrogen) atoms. The van der Waals surface area contributed by atoms with E-state index < -0.39 is 0 Å². The lowest BCUT2D eigenvalue weighted by Crippen LogP contribution is -2.64. The maximum Gasteiger partial charge on any atom is 0.0776 e. The molecule has 1 fully saturated rings. The summed E-state index contributed by atoms with van der Waals surface area (Å²) < 4.78 is 12.2. The van der Waals surface area contributed by atoms with Crippen molar-refractivity contribution in [3.05, 3.63) is 0 Å². The van der Waals surface area contributed by atoms with Crippen LogP contribution in [-0.4, -0.2) is 24.9 Å². The van der Waals surface area contributed by atoms with Crippen molar-refractivity contribution < 1.29 is 9.47 Å². The van der Waals surface area contributed by atoms with Gasteiger partial charge in [-0.25, -0.2) is 0 Å². The topological polar surface area (TPSA) is 18.5 Å². The molecule has 1 aliphatic heterocycles. The summed E-state index contributed by atoms with van der Waals surface area (Å²) in [5, 5.41) is 0. The highest BCUT2D eigenvalue weighted by Crippen LogP contribution is 2.52. The van der Waals surface area contributed by atoms with Crippen LogP contribution in [-0.2, 0) is 9.47 Å². The van der Waals surface area contributed by atoms with Crippen molar-refractivity contribution in [3.8, 4) is 0 Å². The van der Waals surface area contributed by atoms with E-state index in [9.17, 15) is 0 Å². The number of methoxy groups -OCH3 is 1. The predicted molar refractivity (Wildman–Crippen MR) is 72.1 cm³/mol. The number of hydrogen-bond acceptors (Lipinski definition) is 2. The van der Waals surface area contributed by atoms with Crippen LogP contribution in [0.3, 0.4) is 0 Å². The van der Waals surface area contributed by atoms with Gasteiger partial charge in [0.05, 0.1) is 17.8 Å². The minimum absolute atomic E-state index is 0.0168. The summed E-state index contributed by atoms with van der Waals surface area (Å²) in [6, 6.07) is 0. The van der Waals surface area contributed by atoms with Gasteiger partial charge < -0.3 is 9.47 Å². The smallest absolute Gasteiger partial charge is 0.0776 e. The molecule has 102 valence electrons. The van der Waals surface area contributed by atoms with E-state index >= 15 is 0 Å². The Morgan fingerprint density at radius 3 is 1.88 bits per heavy atom. The summed E-state index contributed by atoms with van der Waals surface area (Å²) in [7, 11) is 1.83. The molecule has 0 spiro atoms. The summed E-state index contributed by atoms with van der Waals surface area (Å²) >= 11 is 0. The first-order valence-corrected chi connectivity index (χ1v) is 6.69. The lowest BCUT2D eigenvalue weighted by molar-refractivity contribution is -0.273. The van der Waals surface area contributed by atoms with Crippen LogP contribution in [0.4, 0.5) is 0 Å². The van der Waals surface area contributed by atoms with Gasteiger partial charge in [0, 0.05) is 18.4 Å². The zero-order valence-electron chi connectivity index (χ0n) is 13.0. The Balaban J connectivity index is 3.17. The second-order valence-corrected chi connectivity index (χ2v) is 7.39. The van der Waals surface area contributed by atoms with Crippen LogP contribution in [0.15, 0.2) is 0 Å². The summed E-state index contributed by atoms with van der Waals surface area (Å²) in [6.07, 6.45) is 0.434. The van der Waals surface area contributed by atoms with E-state index in [1.165, 1.54) is 0 Å². The largest absolute Gasteiger partial charge is 0.377 e. The van der Waals surface area contributed by atoms with E-state index in [-0.39, 0.29) is 28.6 Å². The zero-order valence-corrected chi connectivity index (χ0v) is 13.0. The first-order chi connectivity index (χ1) is 7.48. The van der Waals surface area contributed by atoms with Crippen LogP contribution in [0.5, 0.6) is 0 Å². The first kappa shape index (κ1) is 15.0. The van der Waals surface area contributed by atoms with E-state index in [1.807, 2.05) is 7.11 Å². The maximum atomic E-state index is 6.30. The third kappa shape index (κ3) is 2.15. The monoisotopic (exact) mass is 242 g/mol. The molecule has 4 atom stereocenters. The minimum atomic E-state index is -0.150. The highest BCUT2D eigenvalue weighted by atomic mass is 16.5. The molecule has 1 rings (SSSR count). The maximum absolute atomic E-state index is 6.30. The van der Waals surface area contributed by atoms with Gasteiger partial charge in [-0.05, 0) is 19.3 Å². The van der Waals surface area contributed by atoms with Gasteiger partial charge in [-0.1, -0.05) is 41.5 Å². The Bertz CT molecular complexity index is 277. The molecule has 0 aliphatic carbocycles.